The molecule has 10 heteroatoms. The molecular formula is C26H19F4N3O3. The Labute approximate surface area is 202 Å². The number of urea groups is 1. The minimum Gasteiger partial charge on any atom is -0.406 e. The lowest BCUT2D eigenvalue weighted by atomic mass is 10.1. The van der Waals surface area contributed by atoms with Gasteiger partial charge < -0.3 is 15.4 Å². The molecule has 2 N–H and O–H groups in total. The number of hydrogen-bond donors (Lipinski definition) is 2. The molecule has 0 aliphatic heterocycles. The molecule has 0 bridgehead atoms. The summed E-state index contributed by atoms with van der Waals surface area (Å²) in [4.78, 5) is 25.4. The number of benzene rings is 3. The number of halogens is 4. The third kappa shape index (κ3) is 6.29. The van der Waals surface area contributed by atoms with E-state index in [1.165, 1.54) is 53.2 Å². The molecule has 2 amide bonds. The molecule has 3 aromatic carbocycles. The third-order valence-corrected chi connectivity index (χ3v) is 5.10. The molecule has 0 unspecified atom stereocenters. The van der Waals surface area contributed by atoms with Gasteiger partial charge in [-0.15, -0.1) is 13.2 Å². The first-order chi connectivity index (χ1) is 17.2. The Morgan fingerprint density at radius 3 is 2.22 bits per heavy atom. The Bertz CT molecular complexity index is 1400. The molecule has 0 radical (unpaired) electrons. The summed E-state index contributed by atoms with van der Waals surface area (Å²) in [6.07, 6.45) is -3.43. The van der Waals surface area contributed by atoms with Gasteiger partial charge in [0.05, 0.1) is 5.69 Å². The molecule has 0 aliphatic rings. The van der Waals surface area contributed by atoms with E-state index in [1.807, 2.05) is 30.3 Å². The van der Waals surface area contributed by atoms with Gasteiger partial charge in [0.1, 0.15) is 11.6 Å². The van der Waals surface area contributed by atoms with E-state index in [0.29, 0.717) is 11.1 Å². The largest absolute Gasteiger partial charge is 0.573 e. The maximum absolute atomic E-state index is 13.5. The van der Waals surface area contributed by atoms with Crippen LogP contribution in [-0.2, 0) is 6.54 Å². The van der Waals surface area contributed by atoms with Gasteiger partial charge in [-0.3, -0.25) is 9.36 Å². The van der Waals surface area contributed by atoms with Gasteiger partial charge in [-0.2, -0.15) is 0 Å². The van der Waals surface area contributed by atoms with Crippen molar-refractivity contribution in [2.75, 3.05) is 5.32 Å². The van der Waals surface area contributed by atoms with Gasteiger partial charge in [0, 0.05) is 30.1 Å². The van der Waals surface area contributed by atoms with Crippen molar-refractivity contribution in [2.45, 2.75) is 12.9 Å². The van der Waals surface area contributed by atoms with E-state index < -0.39 is 29.5 Å². The van der Waals surface area contributed by atoms with E-state index in [2.05, 4.69) is 15.4 Å². The van der Waals surface area contributed by atoms with E-state index in [-0.39, 0.29) is 17.9 Å². The minimum absolute atomic E-state index is 0.172. The summed E-state index contributed by atoms with van der Waals surface area (Å²) in [5.74, 6) is -0.908. The predicted molar refractivity (Wildman–Crippen MR) is 126 cm³/mol. The molecule has 0 saturated carbocycles. The first-order valence-electron chi connectivity index (χ1n) is 10.7. The van der Waals surface area contributed by atoms with Crippen molar-refractivity contribution in [2.24, 2.45) is 0 Å². The lowest BCUT2D eigenvalue weighted by Gasteiger charge is -2.16. The molecule has 4 aromatic rings. The Hall–Kier alpha value is -4.60. The zero-order valence-electron chi connectivity index (χ0n) is 18.6. The highest BCUT2D eigenvalue weighted by atomic mass is 19.4. The van der Waals surface area contributed by atoms with Crippen molar-refractivity contribution in [1.82, 2.24) is 9.88 Å². The van der Waals surface area contributed by atoms with Crippen LogP contribution >= 0.6 is 0 Å². The number of alkyl halides is 3. The molecular weight excluding hydrogens is 478 g/mol. The number of nitrogens with one attached hydrogen (secondary N) is 2. The van der Waals surface area contributed by atoms with E-state index in [9.17, 15) is 27.2 Å². The summed E-state index contributed by atoms with van der Waals surface area (Å²) in [5.41, 5.74) is 1.65. The number of anilines is 1. The smallest absolute Gasteiger partial charge is 0.406 e. The Morgan fingerprint density at radius 1 is 0.917 bits per heavy atom. The molecule has 184 valence electrons. The number of hydrogen-bond acceptors (Lipinski definition) is 3. The van der Waals surface area contributed by atoms with Gasteiger partial charge in [0.25, 0.3) is 5.56 Å². The molecule has 36 heavy (non-hydrogen) atoms. The quantitative estimate of drug-likeness (QED) is 0.328. The molecule has 0 aliphatic carbocycles. The zero-order valence-corrected chi connectivity index (χ0v) is 18.6. The fourth-order valence-corrected chi connectivity index (χ4v) is 3.45. The van der Waals surface area contributed by atoms with Crippen LogP contribution in [0.2, 0.25) is 0 Å². The molecule has 4 rings (SSSR count). The van der Waals surface area contributed by atoms with Crippen molar-refractivity contribution in [3.63, 3.8) is 0 Å². The zero-order chi connectivity index (χ0) is 25.7. The molecule has 1 heterocycles. The molecule has 0 fully saturated rings. The fraction of sp³-hybridized carbons (Fsp3) is 0.0769. The van der Waals surface area contributed by atoms with Gasteiger partial charge in [-0.05, 0) is 47.5 Å². The van der Waals surface area contributed by atoms with Crippen molar-refractivity contribution in [3.8, 4) is 22.6 Å². The van der Waals surface area contributed by atoms with Gasteiger partial charge in [-0.1, -0.05) is 42.5 Å². The highest BCUT2D eigenvalue weighted by Gasteiger charge is 2.31. The van der Waals surface area contributed by atoms with Crippen LogP contribution in [0.4, 0.5) is 28.0 Å². The van der Waals surface area contributed by atoms with E-state index in [0.717, 1.165) is 17.7 Å². The summed E-state index contributed by atoms with van der Waals surface area (Å²) in [6.45, 7) is 0.252. The first kappa shape index (κ1) is 24.5. The predicted octanol–water partition coefficient (Wildman–Crippen LogP) is 5.86. The Kier molecular flexibility index (Phi) is 7.05. The number of rotatable bonds is 6. The first-order valence-corrected chi connectivity index (χ1v) is 10.7. The van der Waals surface area contributed by atoms with E-state index in [1.54, 1.807) is 0 Å². The summed E-state index contributed by atoms with van der Waals surface area (Å²) < 4.78 is 55.9. The second-order valence-corrected chi connectivity index (χ2v) is 7.65. The van der Waals surface area contributed by atoms with Gasteiger partial charge in [0.15, 0.2) is 0 Å². The maximum atomic E-state index is 13.5. The fourth-order valence-electron chi connectivity index (χ4n) is 3.45. The number of carbonyl (C=O) groups excluding carboxylic acids is 1. The van der Waals surface area contributed by atoms with Gasteiger partial charge >= 0.3 is 12.4 Å². The Balaban J connectivity index is 1.65. The monoisotopic (exact) mass is 497 g/mol. The van der Waals surface area contributed by atoms with Crippen molar-refractivity contribution in [1.29, 1.82) is 0 Å². The van der Waals surface area contributed by atoms with Crippen LogP contribution in [0.15, 0.2) is 95.9 Å². The van der Waals surface area contributed by atoms with E-state index >= 15 is 0 Å². The number of aromatic nitrogens is 1. The molecule has 6 nitrogen and oxygen atoms in total. The van der Waals surface area contributed by atoms with Crippen LogP contribution in [0.3, 0.4) is 0 Å². The summed E-state index contributed by atoms with van der Waals surface area (Å²) >= 11 is 0. The minimum atomic E-state index is -4.84. The van der Waals surface area contributed by atoms with Gasteiger partial charge in [0.2, 0.25) is 0 Å². The lowest BCUT2D eigenvalue weighted by molar-refractivity contribution is -0.274. The molecule has 0 saturated heterocycles. The molecule has 1 aromatic heterocycles. The Morgan fingerprint density at radius 2 is 1.58 bits per heavy atom. The standard InChI is InChI=1S/C26H19F4N3O3/c27-19-8-6-18(7-9-19)22-16-33(20-10-12-21(13-11-20)36-26(28,29)30)24(34)14-23(22)32-25(35)31-15-17-4-2-1-3-5-17/h1-14,16H,15H2,(H2,31,32,35). The average molecular weight is 497 g/mol. The van der Waals surface area contributed by atoms with Crippen molar-refractivity contribution in [3.05, 3.63) is 113 Å². The second kappa shape index (κ2) is 10.3. The number of amides is 2. The van der Waals surface area contributed by atoms with Crippen LogP contribution < -0.4 is 20.9 Å². The van der Waals surface area contributed by atoms with Crippen LogP contribution in [0.1, 0.15) is 5.56 Å². The average Bonchev–Trinajstić information content (AvgIpc) is 2.84. The number of ether oxygens (including phenoxy) is 1. The van der Waals surface area contributed by atoms with Crippen molar-refractivity contribution < 1.29 is 27.1 Å². The normalized spacial score (nSPS) is 11.1. The second-order valence-electron chi connectivity index (χ2n) is 7.65. The topological polar surface area (TPSA) is 72.4 Å². The highest BCUT2D eigenvalue weighted by Crippen LogP contribution is 2.29. The molecule has 0 atom stereocenters. The summed E-state index contributed by atoms with van der Waals surface area (Å²) in [5, 5.41) is 5.35. The van der Waals surface area contributed by atoms with Gasteiger partial charge in [-0.25, -0.2) is 9.18 Å². The number of nitrogens with zero attached hydrogens (tertiary/aromatic N) is 1. The van der Waals surface area contributed by atoms with Crippen LogP contribution in [0, 0.1) is 5.82 Å². The van der Waals surface area contributed by atoms with Crippen LogP contribution in [0.25, 0.3) is 16.8 Å². The van der Waals surface area contributed by atoms with Crippen LogP contribution in [-0.4, -0.2) is 17.0 Å². The lowest BCUT2D eigenvalue weighted by Crippen LogP contribution is -2.29. The third-order valence-electron chi connectivity index (χ3n) is 5.10. The summed E-state index contributed by atoms with van der Waals surface area (Å²) in [7, 11) is 0. The number of pyridine rings is 1. The van der Waals surface area contributed by atoms with Crippen molar-refractivity contribution >= 4 is 11.7 Å². The maximum Gasteiger partial charge on any atom is 0.573 e. The SMILES string of the molecule is O=C(NCc1ccccc1)Nc1cc(=O)n(-c2ccc(OC(F)(F)F)cc2)cc1-c1ccc(F)cc1. The summed E-state index contributed by atoms with van der Waals surface area (Å²) in [6, 6.07) is 20.0. The van der Waals surface area contributed by atoms with Crippen LogP contribution in [0.5, 0.6) is 5.75 Å². The highest BCUT2D eigenvalue weighted by molar-refractivity contribution is 5.94. The number of carbonyl (C=O) groups is 1. The molecule has 0 spiro atoms. The van der Waals surface area contributed by atoms with E-state index in [4.69, 9.17) is 0 Å².